The van der Waals surface area contributed by atoms with Crippen molar-refractivity contribution in [2.45, 2.75) is 6.42 Å². The van der Waals surface area contributed by atoms with E-state index in [-0.39, 0.29) is 0 Å². The van der Waals surface area contributed by atoms with Gasteiger partial charge in [0.15, 0.2) is 0 Å². The summed E-state index contributed by atoms with van der Waals surface area (Å²) in [5, 5.41) is 0. The molecule has 0 aromatic rings. The van der Waals surface area contributed by atoms with Crippen LogP contribution in [0, 0.1) is 0 Å². The average molecular weight is 221 g/mol. The molecule has 0 bridgehead atoms. The fraction of sp³-hybridized carbons (Fsp3) is 1.00. The normalized spacial score (nSPS) is 24.3. The van der Waals surface area contributed by atoms with Crippen molar-refractivity contribution in [3.05, 3.63) is 0 Å². The van der Waals surface area contributed by atoms with Crippen molar-refractivity contribution >= 4 is 10.2 Å². The lowest BCUT2D eigenvalue weighted by Crippen LogP contribution is -2.49. The van der Waals surface area contributed by atoms with Crippen molar-refractivity contribution in [2.75, 3.05) is 47.3 Å². The largest absolute Gasteiger partial charge is 0.308 e. The molecule has 0 amide bonds. The van der Waals surface area contributed by atoms with Gasteiger partial charge < -0.3 is 4.90 Å². The van der Waals surface area contributed by atoms with E-state index in [1.54, 1.807) is 11.4 Å². The van der Waals surface area contributed by atoms with Crippen LogP contribution in [0.25, 0.3) is 0 Å². The molecule has 0 N–H and O–H groups in total. The fourth-order valence-corrected chi connectivity index (χ4v) is 2.86. The smallest absolute Gasteiger partial charge is 0.281 e. The number of rotatable bonds is 3. The fourth-order valence-electron chi connectivity index (χ4n) is 1.44. The van der Waals surface area contributed by atoms with Gasteiger partial charge in [-0.25, -0.2) is 0 Å². The highest BCUT2D eigenvalue weighted by Gasteiger charge is 2.30. The van der Waals surface area contributed by atoms with Gasteiger partial charge in [-0.15, -0.1) is 0 Å². The lowest BCUT2D eigenvalue weighted by molar-refractivity contribution is 0.279. The lowest BCUT2D eigenvalue weighted by atomic mass is 10.4. The van der Waals surface area contributed by atoms with Crippen LogP contribution in [0.15, 0.2) is 0 Å². The van der Waals surface area contributed by atoms with Gasteiger partial charge in [0.2, 0.25) is 0 Å². The van der Waals surface area contributed by atoms with Crippen molar-refractivity contribution in [2.24, 2.45) is 0 Å². The minimum Gasteiger partial charge on any atom is -0.308 e. The summed E-state index contributed by atoms with van der Waals surface area (Å²) in [6, 6.07) is 0. The molecule has 0 radical (unpaired) electrons. The summed E-state index contributed by atoms with van der Waals surface area (Å²) < 4.78 is 26.5. The number of hydrogen-bond donors (Lipinski definition) is 0. The quantitative estimate of drug-likeness (QED) is 0.641. The highest BCUT2D eigenvalue weighted by molar-refractivity contribution is 7.86. The van der Waals surface area contributed by atoms with E-state index in [0.717, 1.165) is 13.0 Å². The van der Waals surface area contributed by atoms with Crippen molar-refractivity contribution in [3.8, 4) is 0 Å². The molecule has 1 aliphatic rings. The second kappa shape index (κ2) is 4.57. The number of hydrogen-bond acceptors (Lipinski definition) is 3. The second-order valence-electron chi connectivity index (χ2n) is 3.89. The van der Waals surface area contributed by atoms with E-state index in [4.69, 9.17) is 0 Å². The summed E-state index contributed by atoms with van der Waals surface area (Å²) >= 11 is 0. The summed E-state index contributed by atoms with van der Waals surface area (Å²) in [5.74, 6) is 0. The third-order valence-corrected chi connectivity index (χ3v) is 4.39. The molecule has 84 valence electrons. The standard InChI is InChI=1S/C8H19N3O2S/c1-9(2)7-8-11-6-4-5-10(3)14(11,12)13/h4-8H2,1-3H3. The first-order chi connectivity index (χ1) is 6.44. The Morgan fingerprint density at radius 1 is 1.29 bits per heavy atom. The molecule has 0 atom stereocenters. The molecular formula is C8H19N3O2S. The first-order valence-electron chi connectivity index (χ1n) is 4.81. The molecule has 0 saturated carbocycles. The second-order valence-corrected chi connectivity index (χ2v) is 5.92. The van der Waals surface area contributed by atoms with Gasteiger partial charge in [0.05, 0.1) is 0 Å². The molecule has 5 nitrogen and oxygen atoms in total. The van der Waals surface area contributed by atoms with E-state index in [9.17, 15) is 8.42 Å². The Bertz CT molecular complexity index is 276. The van der Waals surface area contributed by atoms with Gasteiger partial charge in [-0.2, -0.15) is 17.0 Å². The lowest BCUT2D eigenvalue weighted by Gasteiger charge is -2.32. The molecular weight excluding hydrogens is 202 g/mol. The molecule has 1 aliphatic heterocycles. The van der Waals surface area contributed by atoms with Crippen LogP contribution in [0.5, 0.6) is 0 Å². The molecule has 1 fully saturated rings. The predicted molar refractivity (Wildman–Crippen MR) is 56.3 cm³/mol. The molecule has 6 heteroatoms. The maximum Gasteiger partial charge on any atom is 0.281 e. The average Bonchev–Trinajstić information content (AvgIpc) is 2.07. The monoisotopic (exact) mass is 221 g/mol. The summed E-state index contributed by atoms with van der Waals surface area (Å²) in [5.41, 5.74) is 0. The molecule has 0 aliphatic carbocycles. The highest BCUT2D eigenvalue weighted by Crippen LogP contribution is 2.13. The maximum absolute atomic E-state index is 11.8. The SMILES string of the molecule is CN(C)CCN1CCCN(C)S1(=O)=O. The Labute approximate surface area is 86.5 Å². The van der Waals surface area contributed by atoms with Gasteiger partial charge >= 0.3 is 0 Å². The van der Waals surface area contributed by atoms with Gasteiger partial charge in [0, 0.05) is 33.2 Å². The van der Waals surface area contributed by atoms with Crippen LogP contribution in [0.1, 0.15) is 6.42 Å². The van der Waals surface area contributed by atoms with Gasteiger partial charge in [-0.1, -0.05) is 0 Å². The zero-order valence-electron chi connectivity index (χ0n) is 9.10. The predicted octanol–water partition coefficient (Wildman–Crippen LogP) is -0.570. The van der Waals surface area contributed by atoms with Crippen LogP contribution in [-0.2, 0) is 10.2 Å². The third kappa shape index (κ3) is 2.66. The maximum atomic E-state index is 11.8. The van der Waals surface area contributed by atoms with Gasteiger partial charge in [0.1, 0.15) is 0 Å². The minimum atomic E-state index is -3.16. The minimum absolute atomic E-state index is 0.583. The van der Waals surface area contributed by atoms with Crippen LogP contribution in [0.3, 0.4) is 0 Å². The number of likely N-dealkylation sites (N-methyl/N-ethyl adjacent to an activating group) is 1. The van der Waals surface area contributed by atoms with Crippen LogP contribution in [0.4, 0.5) is 0 Å². The molecule has 0 spiro atoms. The first-order valence-corrected chi connectivity index (χ1v) is 6.20. The Morgan fingerprint density at radius 2 is 1.93 bits per heavy atom. The zero-order chi connectivity index (χ0) is 10.8. The summed E-state index contributed by atoms with van der Waals surface area (Å²) in [7, 11) is 2.37. The van der Waals surface area contributed by atoms with E-state index < -0.39 is 10.2 Å². The van der Waals surface area contributed by atoms with Crippen LogP contribution in [0.2, 0.25) is 0 Å². The van der Waals surface area contributed by atoms with E-state index in [0.29, 0.717) is 19.6 Å². The Morgan fingerprint density at radius 3 is 2.50 bits per heavy atom. The molecule has 14 heavy (non-hydrogen) atoms. The van der Waals surface area contributed by atoms with Crippen LogP contribution < -0.4 is 0 Å². The number of nitrogens with zero attached hydrogens (tertiary/aromatic N) is 3. The van der Waals surface area contributed by atoms with E-state index >= 15 is 0 Å². The molecule has 1 heterocycles. The first kappa shape index (κ1) is 11.9. The topological polar surface area (TPSA) is 43.9 Å². The Kier molecular flexibility index (Phi) is 3.88. The molecule has 1 rings (SSSR count). The van der Waals surface area contributed by atoms with E-state index in [1.165, 1.54) is 4.31 Å². The van der Waals surface area contributed by atoms with Crippen LogP contribution in [-0.4, -0.2) is 69.3 Å². The van der Waals surface area contributed by atoms with Gasteiger partial charge in [-0.3, -0.25) is 0 Å². The van der Waals surface area contributed by atoms with Gasteiger partial charge in [0.25, 0.3) is 10.2 Å². The van der Waals surface area contributed by atoms with Crippen molar-refractivity contribution in [3.63, 3.8) is 0 Å². The summed E-state index contributed by atoms with van der Waals surface area (Å²) in [6.45, 7) is 2.65. The molecule has 0 aromatic carbocycles. The van der Waals surface area contributed by atoms with E-state index in [2.05, 4.69) is 0 Å². The van der Waals surface area contributed by atoms with Crippen molar-refractivity contribution in [1.82, 2.24) is 13.5 Å². The summed E-state index contributed by atoms with van der Waals surface area (Å²) in [6.07, 6.45) is 0.920. The Hall–Kier alpha value is -0.170. The zero-order valence-corrected chi connectivity index (χ0v) is 9.92. The Balaban J connectivity index is 2.59. The summed E-state index contributed by atoms with van der Waals surface area (Å²) in [4.78, 5) is 1.99. The van der Waals surface area contributed by atoms with Crippen molar-refractivity contribution < 1.29 is 8.42 Å². The molecule has 0 unspecified atom stereocenters. The molecule has 0 aromatic heterocycles. The third-order valence-electron chi connectivity index (χ3n) is 2.40. The molecule has 1 saturated heterocycles. The van der Waals surface area contributed by atoms with Crippen LogP contribution >= 0.6 is 0 Å². The highest BCUT2D eigenvalue weighted by atomic mass is 32.2. The van der Waals surface area contributed by atoms with Gasteiger partial charge in [-0.05, 0) is 20.5 Å². The van der Waals surface area contributed by atoms with Crippen molar-refractivity contribution in [1.29, 1.82) is 0 Å². The van der Waals surface area contributed by atoms with E-state index in [1.807, 2.05) is 19.0 Å².